The van der Waals surface area contributed by atoms with Crippen molar-refractivity contribution in [1.29, 1.82) is 0 Å². The van der Waals surface area contributed by atoms with Crippen LogP contribution in [0, 0.1) is 0 Å². The average Bonchev–Trinajstić information content (AvgIpc) is 3.58. The summed E-state index contributed by atoms with van der Waals surface area (Å²) in [5.74, 6) is -1.13. The predicted molar refractivity (Wildman–Crippen MR) is 162 cm³/mol. The van der Waals surface area contributed by atoms with Crippen LogP contribution in [0.1, 0.15) is 33.0 Å². The number of hydrogen-bond acceptors (Lipinski definition) is 1. The van der Waals surface area contributed by atoms with E-state index >= 15 is 0 Å². The molecule has 0 unspecified atom stereocenters. The third kappa shape index (κ3) is 3.98. The van der Waals surface area contributed by atoms with Crippen LogP contribution in [-0.4, -0.2) is 21.0 Å². The Balaban J connectivity index is 1.61. The Labute approximate surface area is 231 Å². The number of carbonyl (C=O) groups is 1. The molecule has 5 aromatic carbocycles. The number of carboxylic acids is 1. The number of fused-ring (bicyclic) bond motifs is 2. The second kappa shape index (κ2) is 9.75. The Morgan fingerprint density at radius 3 is 1.40 bits per heavy atom. The van der Waals surface area contributed by atoms with Gasteiger partial charge in [-0.1, -0.05) is 109 Å². The summed E-state index contributed by atoms with van der Waals surface area (Å²) >= 11 is 0. The molecule has 0 aliphatic heterocycles. The van der Waals surface area contributed by atoms with Gasteiger partial charge in [0.1, 0.15) is 0 Å². The molecule has 0 amide bonds. The van der Waals surface area contributed by atoms with Crippen LogP contribution in [0.5, 0.6) is 0 Å². The molecular weight excluding hydrogens is 492 g/mol. The van der Waals surface area contributed by atoms with Crippen LogP contribution in [0.25, 0.3) is 44.3 Å². The zero-order valence-electron chi connectivity index (χ0n) is 21.6. The average molecular weight is 519 g/mol. The Morgan fingerprint density at radius 2 is 0.950 bits per heavy atom. The molecule has 0 aliphatic rings. The summed E-state index contributed by atoms with van der Waals surface area (Å²) in [5.41, 5.74) is 10.0. The van der Waals surface area contributed by atoms with Crippen molar-refractivity contribution < 1.29 is 9.90 Å². The molecule has 2 aromatic heterocycles. The highest BCUT2D eigenvalue weighted by atomic mass is 16.4. The van der Waals surface area contributed by atoms with Crippen molar-refractivity contribution in [2.45, 2.75) is 5.92 Å². The van der Waals surface area contributed by atoms with Gasteiger partial charge in [0.25, 0.3) is 0 Å². The lowest BCUT2D eigenvalue weighted by Gasteiger charge is -2.22. The van der Waals surface area contributed by atoms with Crippen LogP contribution in [0.4, 0.5) is 0 Å². The molecule has 7 rings (SSSR count). The van der Waals surface area contributed by atoms with Crippen molar-refractivity contribution in [3.8, 4) is 22.5 Å². The molecule has 40 heavy (non-hydrogen) atoms. The topological polar surface area (TPSA) is 68.9 Å². The molecule has 0 bridgehead atoms. The van der Waals surface area contributed by atoms with Gasteiger partial charge in [-0.2, -0.15) is 0 Å². The van der Waals surface area contributed by atoms with Crippen molar-refractivity contribution in [2.24, 2.45) is 0 Å². The number of para-hydroxylation sites is 2. The summed E-state index contributed by atoms with van der Waals surface area (Å²) in [6.07, 6.45) is 0. The van der Waals surface area contributed by atoms with Crippen molar-refractivity contribution >= 4 is 27.8 Å². The second-order valence-electron chi connectivity index (χ2n) is 10.0. The smallest absolute Gasteiger partial charge is 0.335 e. The molecule has 0 spiro atoms. The monoisotopic (exact) mass is 518 g/mol. The molecule has 0 saturated carbocycles. The number of aromatic nitrogens is 2. The second-order valence-corrected chi connectivity index (χ2v) is 10.0. The number of nitrogens with one attached hydrogen (secondary N) is 2. The van der Waals surface area contributed by atoms with Gasteiger partial charge in [0, 0.05) is 27.7 Å². The normalized spacial score (nSPS) is 11.4. The fraction of sp³-hybridized carbons (Fsp3) is 0.0278. The zero-order chi connectivity index (χ0) is 27.1. The SMILES string of the molecule is O=C(O)c1ccc(C(c2c(-c3ccccc3)[nH]c3ccccc23)c2c(-c3ccccc3)[nH]c3ccccc23)cc1. The van der Waals surface area contributed by atoms with E-state index in [-0.39, 0.29) is 11.5 Å². The maximum Gasteiger partial charge on any atom is 0.335 e. The number of carboxylic acid groups (broad SMARTS) is 1. The van der Waals surface area contributed by atoms with Crippen LogP contribution < -0.4 is 0 Å². The lowest BCUT2D eigenvalue weighted by atomic mass is 9.80. The third-order valence-corrected chi connectivity index (χ3v) is 7.69. The molecule has 7 aromatic rings. The van der Waals surface area contributed by atoms with Crippen LogP contribution in [0.3, 0.4) is 0 Å². The van der Waals surface area contributed by atoms with Gasteiger partial charge in [0.2, 0.25) is 0 Å². The van der Waals surface area contributed by atoms with Gasteiger partial charge in [-0.15, -0.1) is 0 Å². The van der Waals surface area contributed by atoms with E-state index in [0.717, 1.165) is 61.0 Å². The van der Waals surface area contributed by atoms with Gasteiger partial charge in [0.05, 0.1) is 17.0 Å². The van der Waals surface area contributed by atoms with Crippen molar-refractivity contribution in [3.63, 3.8) is 0 Å². The maximum atomic E-state index is 11.8. The van der Waals surface area contributed by atoms with Crippen molar-refractivity contribution in [1.82, 2.24) is 9.97 Å². The molecule has 192 valence electrons. The predicted octanol–water partition coefficient (Wildman–Crippen LogP) is 8.86. The van der Waals surface area contributed by atoms with E-state index in [0.29, 0.717) is 0 Å². The molecule has 0 aliphatic carbocycles. The van der Waals surface area contributed by atoms with Crippen molar-refractivity contribution in [2.75, 3.05) is 0 Å². The van der Waals surface area contributed by atoms with Gasteiger partial charge >= 0.3 is 5.97 Å². The Bertz CT molecular complexity index is 1850. The third-order valence-electron chi connectivity index (χ3n) is 7.69. The molecule has 0 saturated heterocycles. The van der Waals surface area contributed by atoms with E-state index in [1.807, 2.05) is 24.3 Å². The number of rotatable bonds is 6. The van der Waals surface area contributed by atoms with E-state index in [1.165, 1.54) is 0 Å². The van der Waals surface area contributed by atoms with Gasteiger partial charge in [-0.05, 0) is 52.1 Å². The fourth-order valence-electron chi connectivity index (χ4n) is 5.89. The Kier molecular flexibility index (Phi) is 5.79. The fourth-order valence-corrected chi connectivity index (χ4v) is 5.89. The molecule has 3 N–H and O–H groups in total. The van der Waals surface area contributed by atoms with Gasteiger partial charge in [0.15, 0.2) is 0 Å². The summed E-state index contributed by atoms with van der Waals surface area (Å²) < 4.78 is 0. The quantitative estimate of drug-likeness (QED) is 0.206. The lowest BCUT2D eigenvalue weighted by Crippen LogP contribution is -2.07. The molecule has 2 heterocycles. The highest BCUT2D eigenvalue weighted by molar-refractivity contribution is 5.97. The summed E-state index contributed by atoms with van der Waals surface area (Å²) in [5, 5.41) is 11.9. The van der Waals surface area contributed by atoms with E-state index in [2.05, 4.69) is 107 Å². The highest BCUT2D eigenvalue weighted by Crippen LogP contribution is 2.47. The molecule has 0 radical (unpaired) electrons. The maximum absolute atomic E-state index is 11.8. The first-order valence-corrected chi connectivity index (χ1v) is 13.3. The number of aromatic carboxylic acids is 1. The summed E-state index contributed by atoms with van der Waals surface area (Å²) in [6, 6.07) is 45.0. The lowest BCUT2D eigenvalue weighted by molar-refractivity contribution is 0.0697. The molecule has 4 heteroatoms. The minimum absolute atomic E-state index is 0.194. The highest BCUT2D eigenvalue weighted by Gasteiger charge is 2.30. The first-order chi connectivity index (χ1) is 19.7. The van der Waals surface area contributed by atoms with Crippen LogP contribution in [0.15, 0.2) is 133 Å². The molecule has 0 atom stereocenters. The number of aromatic amines is 2. The summed E-state index contributed by atoms with van der Waals surface area (Å²) in [7, 11) is 0. The number of hydrogen-bond donors (Lipinski definition) is 3. The summed E-state index contributed by atoms with van der Waals surface area (Å²) in [6.45, 7) is 0. The van der Waals surface area contributed by atoms with E-state index in [9.17, 15) is 9.90 Å². The van der Waals surface area contributed by atoms with Crippen LogP contribution >= 0.6 is 0 Å². The van der Waals surface area contributed by atoms with E-state index in [1.54, 1.807) is 12.1 Å². The Morgan fingerprint density at radius 1 is 0.525 bits per heavy atom. The van der Waals surface area contributed by atoms with Crippen LogP contribution in [0.2, 0.25) is 0 Å². The Hall–Kier alpha value is -5.35. The summed E-state index contributed by atoms with van der Waals surface area (Å²) in [4.78, 5) is 19.2. The molecule has 0 fully saturated rings. The van der Waals surface area contributed by atoms with Crippen molar-refractivity contribution in [3.05, 3.63) is 156 Å². The van der Waals surface area contributed by atoms with Gasteiger partial charge < -0.3 is 15.1 Å². The number of benzene rings is 5. The largest absolute Gasteiger partial charge is 0.478 e. The van der Waals surface area contributed by atoms with E-state index < -0.39 is 5.97 Å². The minimum atomic E-state index is -0.933. The van der Waals surface area contributed by atoms with Gasteiger partial charge in [-0.3, -0.25) is 0 Å². The molecular formula is C36H26N2O2. The molecule has 4 nitrogen and oxygen atoms in total. The van der Waals surface area contributed by atoms with Gasteiger partial charge in [-0.25, -0.2) is 4.79 Å². The standard InChI is InChI=1S/C36H26N2O2/c39-36(40)26-21-19-23(20-22-26)31(32-27-15-7-9-17-29(27)37-34(32)24-11-3-1-4-12-24)33-28-16-8-10-18-30(28)38-35(33)25-13-5-2-6-14-25/h1-22,31,37-38H,(H,39,40). The first kappa shape index (κ1) is 23.7. The van der Waals surface area contributed by atoms with Crippen LogP contribution in [-0.2, 0) is 0 Å². The van der Waals surface area contributed by atoms with E-state index in [4.69, 9.17) is 0 Å². The zero-order valence-corrected chi connectivity index (χ0v) is 21.6. The first-order valence-electron chi connectivity index (χ1n) is 13.3. The minimum Gasteiger partial charge on any atom is -0.478 e. The number of H-pyrrole nitrogens is 2.